The number of thiophene rings is 1. The maximum absolute atomic E-state index is 11.4. The minimum atomic E-state index is 0.159. The molecule has 1 atom stereocenters. The van der Waals surface area contributed by atoms with E-state index in [2.05, 4.69) is 21.3 Å². The van der Waals surface area contributed by atoms with Crippen LogP contribution in [0.5, 0.6) is 0 Å². The smallest absolute Gasteiger partial charge is 0.169 e. The van der Waals surface area contributed by atoms with Gasteiger partial charge in [-0.25, -0.2) is 4.98 Å². The Hall–Kier alpha value is -1.72. The van der Waals surface area contributed by atoms with Crippen molar-refractivity contribution in [3.8, 4) is 0 Å². The average molecular weight is 315 g/mol. The summed E-state index contributed by atoms with van der Waals surface area (Å²) in [5, 5.41) is 2.11. The predicted octanol–water partition coefficient (Wildman–Crippen LogP) is 2.99. The Labute approximate surface area is 135 Å². The van der Waals surface area contributed by atoms with Crippen LogP contribution in [0.25, 0.3) is 0 Å². The molecule has 0 spiro atoms. The maximum Gasteiger partial charge on any atom is 0.169 e. The van der Waals surface area contributed by atoms with E-state index in [1.54, 1.807) is 18.3 Å². The quantitative estimate of drug-likeness (QED) is 0.862. The lowest BCUT2D eigenvalue weighted by atomic mass is 10.00. The molecule has 0 radical (unpaired) electrons. The average Bonchev–Trinajstić information content (AvgIpc) is 3.12. The number of nitrogens with two attached hydrogens (primary N) is 1. The van der Waals surface area contributed by atoms with Crippen molar-refractivity contribution >= 4 is 22.9 Å². The molecule has 0 bridgehead atoms. The number of rotatable bonds is 5. The number of carbonyl (C=O) groups excluding carboxylic acids is 1. The molecule has 1 fully saturated rings. The molecule has 2 aromatic heterocycles. The first-order valence-electron chi connectivity index (χ1n) is 7.61. The second-order valence-corrected chi connectivity index (χ2v) is 6.97. The van der Waals surface area contributed by atoms with Gasteiger partial charge >= 0.3 is 0 Å². The van der Waals surface area contributed by atoms with Gasteiger partial charge in [-0.15, -0.1) is 11.3 Å². The van der Waals surface area contributed by atoms with Crippen LogP contribution in [0, 0.1) is 5.92 Å². The molecule has 22 heavy (non-hydrogen) atoms. The molecule has 3 heterocycles. The van der Waals surface area contributed by atoms with Gasteiger partial charge in [0.2, 0.25) is 0 Å². The molecule has 3 rings (SSSR count). The van der Waals surface area contributed by atoms with E-state index in [0.29, 0.717) is 11.7 Å². The monoisotopic (exact) mass is 315 g/mol. The van der Waals surface area contributed by atoms with Crippen LogP contribution in [-0.4, -0.2) is 28.8 Å². The molecular formula is C17H21N3OS. The van der Waals surface area contributed by atoms with E-state index in [1.807, 2.05) is 18.3 Å². The number of ketones is 1. The molecule has 4 nitrogen and oxygen atoms in total. The summed E-state index contributed by atoms with van der Waals surface area (Å²) >= 11 is 1.55. The number of hydrogen-bond acceptors (Lipinski definition) is 5. The van der Waals surface area contributed by atoms with Gasteiger partial charge in [-0.2, -0.15) is 0 Å². The first kappa shape index (κ1) is 15.2. The van der Waals surface area contributed by atoms with Crippen LogP contribution in [0.1, 0.15) is 34.1 Å². The zero-order chi connectivity index (χ0) is 15.5. The van der Waals surface area contributed by atoms with E-state index in [-0.39, 0.29) is 5.78 Å². The minimum Gasteiger partial charge on any atom is -0.384 e. The van der Waals surface area contributed by atoms with Crippen molar-refractivity contribution < 1.29 is 4.79 Å². The number of carbonyl (C=O) groups is 1. The number of nitrogen functional groups attached to an aromatic ring is 1. The van der Waals surface area contributed by atoms with Gasteiger partial charge in [-0.3, -0.25) is 9.69 Å². The molecule has 116 valence electrons. The maximum atomic E-state index is 11.4. The van der Waals surface area contributed by atoms with Crippen LogP contribution in [0.4, 0.5) is 5.82 Å². The predicted molar refractivity (Wildman–Crippen MR) is 90.1 cm³/mol. The summed E-state index contributed by atoms with van der Waals surface area (Å²) in [4.78, 5) is 18.9. The standard InChI is InChI=1S/C17H21N3OS/c1-12(21)16-7-15(11-22-16)10-20-5-4-14(9-20)6-13-2-3-17(18)19-8-13/h2-3,7-8,11,14H,4-6,9-10H2,1H3,(H2,18,19). The Morgan fingerprint density at radius 3 is 3.00 bits per heavy atom. The highest BCUT2D eigenvalue weighted by Crippen LogP contribution is 2.24. The number of pyridine rings is 1. The van der Waals surface area contributed by atoms with Gasteiger partial charge < -0.3 is 5.73 Å². The fourth-order valence-electron chi connectivity index (χ4n) is 3.01. The Morgan fingerprint density at radius 2 is 2.32 bits per heavy atom. The fourth-order valence-corrected chi connectivity index (χ4v) is 3.82. The largest absolute Gasteiger partial charge is 0.384 e. The van der Waals surface area contributed by atoms with Crippen molar-refractivity contribution in [2.75, 3.05) is 18.8 Å². The van der Waals surface area contributed by atoms with E-state index < -0.39 is 0 Å². The van der Waals surface area contributed by atoms with Crippen molar-refractivity contribution in [1.29, 1.82) is 0 Å². The van der Waals surface area contributed by atoms with Gasteiger partial charge in [-0.05, 0) is 60.9 Å². The number of nitrogens with zero attached hydrogens (tertiary/aromatic N) is 2. The zero-order valence-corrected chi connectivity index (χ0v) is 13.6. The third-order valence-electron chi connectivity index (χ3n) is 4.15. The summed E-state index contributed by atoms with van der Waals surface area (Å²) in [5.41, 5.74) is 8.14. The summed E-state index contributed by atoms with van der Waals surface area (Å²) in [6.07, 6.45) is 4.16. The third kappa shape index (κ3) is 3.72. The Balaban J connectivity index is 1.53. The Kier molecular flexibility index (Phi) is 4.55. The molecule has 0 amide bonds. The molecule has 0 aromatic carbocycles. The SMILES string of the molecule is CC(=O)c1cc(CN2CCC(Cc3ccc(N)nc3)C2)cs1. The molecule has 2 aromatic rings. The lowest BCUT2D eigenvalue weighted by Gasteiger charge is -2.15. The van der Waals surface area contributed by atoms with E-state index in [1.165, 1.54) is 17.5 Å². The van der Waals surface area contributed by atoms with E-state index in [4.69, 9.17) is 5.73 Å². The highest BCUT2D eigenvalue weighted by atomic mass is 32.1. The van der Waals surface area contributed by atoms with Gasteiger partial charge in [0.1, 0.15) is 5.82 Å². The van der Waals surface area contributed by atoms with Crippen LogP contribution in [0.2, 0.25) is 0 Å². The lowest BCUT2D eigenvalue weighted by molar-refractivity contribution is 0.102. The number of anilines is 1. The first-order chi connectivity index (χ1) is 10.6. The highest BCUT2D eigenvalue weighted by molar-refractivity contribution is 7.12. The molecule has 2 N–H and O–H groups in total. The first-order valence-corrected chi connectivity index (χ1v) is 8.49. The van der Waals surface area contributed by atoms with Crippen LogP contribution >= 0.6 is 11.3 Å². The van der Waals surface area contributed by atoms with E-state index in [0.717, 1.165) is 30.9 Å². The summed E-state index contributed by atoms with van der Waals surface area (Å²) in [6, 6.07) is 5.98. The number of likely N-dealkylation sites (tertiary alicyclic amines) is 1. The van der Waals surface area contributed by atoms with Crippen LogP contribution in [0.15, 0.2) is 29.8 Å². The molecular weight excluding hydrogens is 294 g/mol. The summed E-state index contributed by atoms with van der Waals surface area (Å²) in [7, 11) is 0. The van der Waals surface area contributed by atoms with Crippen molar-refractivity contribution in [2.45, 2.75) is 26.3 Å². The normalized spacial score (nSPS) is 18.7. The van der Waals surface area contributed by atoms with Gasteiger partial charge in [-0.1, -0.05) is 6.07 Å². The topological polar surface area (TPSA) is 59.2 Å². The zero-order valence-electron chi connectivity index (χ0n) is 12.8. The highest BCUT2D eigenvalue weighted by Gasteiger charge is 2.23. The molecule has 1 aliphatic heterocycles. The van der Waals surface area contributed by atoms with E-state index >= 15 is 0 Å². The Morgan fingerprint density at radius 1 is 1.45 bits per heavy atom. The third-order valence-corrected chi connectivity index (χ3v) is 5.23. The van der Waals surface area contributed by atoms with Gasteiger partial charge in [0.15, 0.2) is 5.78 Å². The Bertz CT molecular complexity index is 650. The van der Waals surface area contributed by atoms with Crippen molar-refractivity contribution in [3.05, 3.63) is 45.8 Å². The second-order valence-electron chi connectivity index (χ2n) is 6.06. The number of aromatic nitrogens is 1. The molecule has 1 saturated heterocycles. The summed E-state index contributed by atoms with van der Waals surface area (Å²) in [5.74, 6) is 1.42. The van der Waals surface area contributed by atoms with Crippen molar-refractivity contribution in [1.82, 2.24) is 9.88 Å². The van der Waals surface area contributed by atoms with Gasteiger partial charge in [0, 0.05) is 19.3 Å². The van der Waals surface area contributed by atoms with E-state index in [9.17, 15) is 4.79 Å². The molecule has 1 aliphatic rings. The molecule has 0 aliphatic carbocycles. The number of Topliss-reactive ketones (excluding diaryl/α,β-unsaturated/α-hetero) is 1. The van der Waals surface area contributed by atoms with Crippen molar-refractivity contribution in [3.63, 3.8) is 0 Å². The van der Waals surface area contributed by atoms with Gasteiger partial charge in [0.05, 0.1) is 4.88 Å². The van der Waals surface area contributed by atoms with Gasteiger partial charge in [0.25, 0.3) is 0 Å². The summed E-state index contributed by atoms with van der Waals surface area (Å²) in [6.45, 7) is 4.80. The minimum absolute atomic E-state index is 0.159. The lowest BCUT2D eigenvalue weighted by Crippen LogP contribution is -2.20. The molecule has 1 unspecified atom stereocenters. The fraction of sp³-hybridized carbons (Fsp3) is 0.412. The number of hydrogen-bond donors (Lipinski definition) is 1. The van der Waals surface area contributed by atoms with Crippen LogP contribution < -0.4 is 5.73 Å². The summed E-state index contributed by atoms with van der Waals surface area (Å²) < 4.78 is 0. The van der Waals surface area contributed by atoms with Crippen LogP contribution in [0.3, 0.4) is 0 Å². The second kappa shape index (κ2) is 6.58. The molecule has 0 saturated carbocycles. The van der Waals surface area contributed by atoms with Crippen molar-refractivity contribution in [2.24, 2.45) is 5.92 Å². The van der Waals surface area contributed by atoms with Crippen LogP contribution in [-0.2, 0) is 13.0 Å². The molecule has 5 heteroatoms.